The summed E-state index contributed by atoms with van der Waals surface area (Å²) in [5.41, 5.74) is 1.83. The Bertz CT molecular complexity index is 368. The van der Waals surface area contributed by atoms with Gasteiger partial charge in [-0.05, 0) is 26.0 Å². The van der Waals surface area contributed by atoms with Crippen molar-refractivity contribution in [3.63, 3.8) is 0 Å². The van der Waals surface area contributed by atoms with Crippen molar-refractivity contribution in [2.75, 3.05) is 18.0 Å². The van der Waals surface area contributed by atoms with E-state index in [1.54, 1.807) is 0 Å². The number of nitrogens with one attached hydrogen (secondary N) is 1. The number of rotatable bonds is 2. The molecule has 0 unspecified atom stereocenters. The van der Waals surface area contributed by atoms with Crippen LogP contribution in [0.3, 0.4) is 0 Å². The minimum absolute atomic E-state index is 0.462. The standard InChI is InChI=1S/C13H18N2O/c1-10-7-15(8-11(2)14-10)13-6-4-3-5-12(13)9-16/h3-6,9-11,14H,7-8H2,1-2H3/t10-,11+. The zero-order chi connectivity index (χ0) is 11.5. The van der Waals surface area contributed by atoms with Gasteiger partial charge in [-0.25, -0.2) is 0 Å². The van der Waals surface area contributed by atoms with Gasteiger partial charge in [-0.15, -0.1) is 0 Å². The third-order valence-electron chi connectivity index (χ3n) is 2.96. The van der Waals surface area contributed by atoms with Gasteiger partial charge in [0.25, 0.3) is 0 Å². The maximum Gasteiger partial charge on any atom is 0.152 e. The Balaban J connectivity index is 2.25. The molecule has 1 aromatic rings. The highest BCUT2D eigenvalue weighted by Gasteiger charge is 2.22. The van der Waals surface area contributed by atoms with E-state index in [-0.39, 0.29) is 0 Å². The lowest BCUT2D eigenvalue weighted by atomic mass is 10.1. The van der Waals surface area contributed by atoms with E-state index in [4.69, 9.17) is 0 Å². The van der Waals surface area contributed by atoms with E-state index in [1.165, 1.54) is 0 Å². The number of carbonyl (C=O) groups excluding carboxylic acids is 1. The fourth-order valence-corrected chi connectivity index (χ4v) is 2.40. The summed E-state index contributed by atoms with van der Waals surface area (Å²) >= 11 is 0. The number of hydrogen-bond acceptors (Lipinski definition) is 3. The van der Waals surface area contributed by atoms with Crippen LogP contribution in [0, 0.1) is 0 Å². The first-order valence-corrected chi connectivity index (χ1v) is 5.76. The Morgan fingerprint density at radius 3 is 2.50 bits per heavy atom. The molecule has 16 heavy (non-hydrogen) atoms. The van der Waals surface area contributed by atoms with E-state index in [0.29, 0.717) is 12.1 Å². The summed E-state index contributed by atoms with van der Waals surface area (Å²) in [5, 5.41) is 3.49. The average Bonchev–Trinajstić information content (AvgIpc) is 2.27. The zero-order valence-corrected chi connectivity index (χ0v) is 9.81. The van der Waals surface area contributed by atoms with Crippen molar-refractivity contribution in [2.24, 2.45) is 0 Å². The largest absolute Gasteiger partial charge is 0.368 e. The first-order chi connectivity index (χ1) is 7.70. The van der Waals surface area contributed by atoms with Gasteiger partial charge in [0.05, 0.1) is 0 Å². The quantitative estimate of drug-likeness (QED) is 0.767. The van der Waals surface area contributed by atoms with Gasteiger partial charge >= 0.3 is 0 Å². The fraction of sp³-hybridized carbons (Fsp3) is 0.462. The number of benzene rings is 1. The minimum atomic E-state index is 0.462. The van der Waals surface area contributed by atoms with Crippen LogP contribution in [0.2, 0.25) is 0 Å². The van der Waals surface area contributed by atoms with Crippen molar-refractivity contribution in [1.82, 2.24) is 5.32 Å². The molecule has 0 radical (unpaired) electrons. The number of hydrogen-bond donors (Lipinski definition) is 1. The first kappa shape index (κ1) is 11.1. The lowest BCUT2D eigenvalue weighted by molar-refractivity contribution is 0.112. The highest BCUT2D eigenvalue weighted by atomic mass is 16.1. The van der Waals surface area contributed by atoms with Crippen molar-refractivity contribution >= 4 is 12.0 Å². The second-order valence-corrected chi connectivity index (χ2v) is 4.55. The number of para-hydroxylation sites is 1. The second kappa shape index (κ2) is 4.66. The molecule has 1 N–H and O–H groups in total. The van der Waals surface area contributed by atoms with Crippen molar-refractivity contribution < 1.29 is 4.79 Å². The Morgan fingerprint density at radius 2 is 1.88 bits per heavy atom. The molecule has 1 saturated heterocycles. The smallest absolute Gasteiger partial charge is 0.152 e. The summed E-state index contributed by atoms with van der Waals surface area (Å²) in [6.07, 6.45) is 0.937. The van der Waals surface area contributed by atoms with Crippen LogP contribution in [-0.4, -0.2) is 31.5 Å². The van der Waals surface area contributed by atoms with E-state index in [0.717, 1.165) is 30.6 Å². The molecular weight excluding hydrogens is 200 g/mol. The molecule has 0 aromatic heterocycles. The molecule has 2 atom stereocenters. The van der Waals surface area contributed by atoms with Gasteiger partial charge in [0, 0.05) is 36.4 Å². The summed E-state index contributed by atoms with van der Waals surface area (Å²) in [5.74, 6) is 0. The Hall–Kier alpha value is -1.35. The minimum Gasteiger partial charge on any atom is -0.368 e. The van der Waals surface area contributed by atoms with Crippen LogP contribution in [0.4, 0.5) is 5.69 Å². The number of aldehydes is 1. The summed E-state index contributed by atoms with van der Waals surface area (Å²) in [6, 6.07) is 8.71. The molecule has 0 bridgehead atoms. The van der Waals surface area contributed by atoms with Gasteiger partial charge in [0.2, 0.25) is 0 Å². The highest BCUT2D eigenvalue weighted by molar-refractivity contribution is 5.84. The molecule has 3 heteroatoms. The topological polar surface area (TPSA) is 32.3 Å². The monoisotopic (exact) mass is 218 g/mol. The number of carbonyl (C=O) groups is 1. The lowest BCUT2D eigenvalue weighted by Crippen LogP contribution is -2.54. The van der Waals surface area contributed by atoms with E-state index in [1.807, 2.05) is 24.3 Å². The number of anilines is 1. The average molecular weight is 218 g/mol. The molecule has 1 heterocycles. The molecule has 0 saturated carbocycles. The van der Waals surface area contributed by atoms with Gasteiger partial charge in [-0.3, -0.25) is 4.79 Å². The normalized spacial score (nSPS) is 25.5. The van der Waals surface area contributed by atoms with E-state index >= 15 is 0 Å². The van der Waals surface area contributed by atoms with Crippen LogP contribution in [0.5, 0.6) is 0 Å². The van der Waals surface area contributed by atoms with Crippen molar-refractivity contribution in [2.45, 2.75) is 25.9 Å². The summed E-state index contributed by atoms with van der Waals surface area (Å²) in [4.78, 5) is 13.3. The molecule has 1 aromatic carbocycles. The molecule has 2 rings (SSSR count). The van der Waals surface area contributed by atoms with Crippen molar-refractivity contribution in [3.8, 4) is 0 Å². The van der Waals surface area contributed by atoms with E-state index < -0.39 is 0 Å². The molecule has 1 aliphatic rings. The lowest BCUT2D eigenvalue weighted by Gasteiger charge is -2.38. The molecule has 0 amide bonds. The Morgan fingerprint density at radius 1 is 1.25 bits per heavy atom. The molecule has 3 nitrogen and oxygen atoms in total. The van der Waals surface area contributed by atoms with E-state index in [9.17, 15) is 4.79 Å². The molecule has 1 aliphatic heterocycles. The Kier molecular flexibility index (Phi) is 3.25. The maximum absolute atomic E-state index is 11.0. The van der Waals surface area contributed by atoms with Crippen LogP contribution in [-0.2, 0) is 0 Å². The fourth-order valence-electron chi connectivity index (χ4n) is 2.40. The van der Waals surface area contributed by atoms with Crippen LogP contribution in [0.15, 0.2) is 24.3 Å². The predicted octanol–water partition coefficient (Wildman–Crippen LogP) is 1.69. The predicted molar refractivity (Wildman–Crippen MR) is 66.1 cm³/mol. The van der Waals surface area contributed by atoms with Gasteiger partial charge in [-0.1, -0.05) is 12.1 Å². The first-order valence-electron chi connectivity index (χ1n) is 5.76. The number of nitrogens with zero attached hydrogens (tertiary/aromatic N) is 1. The van der Waals surface area contributed by atoms with Gasteiger partial charge in [0.15, 0.2) is 6.29 Å². The van der Waals surface area contributed by atoms with Crippen molar-refractivity contribution in [3.05, 3.63) is 29.8 Å². The highest BCUT2D eigenvalue weighted by Crippen LogP contribution is 2.21. The van der Waals surface area contributed by atoms with Crippen LogP contribution in [0.1, 0.15) is 24.2 Å². The molecule has 1 fully saturated rings. The summed E-state index contributed by atoms with van der Waals surface area (Å²) in [6.45, 7) is 6.25. The third-order valence-corrected chi connectivity index (χ3v) is 2.96. The van der Waals surface area contributed by atoms with Gasteiger partial charge in [0.1, 0.15) is 0 Å². The van der Waals surface area contributed by atoms with Crippen molar-refractivity contribution in [1.29, 1.82) is 0 Å². The molecule has 0 spiro atoms. The van der Waals surface area contributed by atoms with E-state index in [2.05, 4.69) is 24.1 Å². The van der Waals surface area contributed by atoms with Crippen LogP contribution >= 0.6 is 0 Å². The summed E-state index contributed by atoms with van der Waals surface area (Å²) < 4.78 is 0. The maximum atomic E-state index is 11.0. The third kappa shape index (κ3) is 2.25. The molecule has 86 valence electrons. The SMILES string of the molecule is C[C@@H]1CN(c2ccccc2C=O)C[C@H](C)N1. The molecule has 0 aliphatic carbocycles. The van der Waals surface area contributed by atoms with Crippen LogP contribution in [0.25, 0.3) is 0 Å². The Labute approximate surface area is 96.5 Å². The second-order valence-electron chi connectivity index (χ2n) is 4.55. The van der Waals surface area contributed by atoms with Gasteiger partial charge in [-0.2, -0.15) is 0 Å². The van der Waals surface area contributed by atoms with Gasteiger partial charge < -0.3 is 10.2 Å². The van der Waals surface area contributed by atoms with Crippen LogP contribution < -0.4 is 10.2 Å². The molecular formula is C13H18N2O. The number of piperazine rings is 1. The summed E-state index contributed by atoms with van der Waals surface area (Å²) in [7, 11) is 0. The zero-order valence-electron chi connectivity index (χ0n) is 9.81.